The lowest BCUT2D eigenvalue weighted by Gasteiger charge is -2.32. The first kappa shape index (κ1) is 17.1. The van der Waals surface area contributed by atoms with Gasteiger partial charge in [0.15, 0.2) is 0 Å². The second kappa shape index (κ2) is 5.42. The Kier molecular flexibility index (Phi) is 4.63. The molecule has 20 heavy (non-hydrogen) atoms. The molecule has 1 rings (SSSR count). The van der Waals surface area contributed by atoms with Crippen LogP contribution in [0.15, 0.2) is 18.2 Å². The molecule has 1 aromatic rings. The predicted octanol–water partition coefficient (Wildman–Crippen LogP) is 5.85. The van der Waals surface area contributed by atoms with Gasteiger partial charge in [-0.25, -0.2) is 0 Å². The van der Waals surface area contributed by atoms with Crippen LogP contribution in [-0.2, 0) is 10.8 Å². The summed E-state index contributed by atoms with van der Waals surface area (Å²) in [5, 5.41) is 0. The van der Waals surface area contributed by atoms with Crippen molar-refractivity contribution in [1.29, 1.82) is 0 Å². The highest BCUT2D eigenvalue weighted by molar-refractivity contribution is 5.44. The van der Waals surface area contributed by atoms with E-state index in [1.807, 2.05) is 0 Å². The summed E-state index contributed by atoms with van der Waals surface area (Å²) >= 11 is 0. The maximum absolute atomic E-state index is 6.19. The van der Waals surface area contributed by atoms with Crippen LogP contribution >= 0.6 is 0 Å². The number of hydrogen-bond donors (Lipinski definition) is 0. The van der Waals surface area contributed by atoms with Crippen LogP contribution in [0, 0.1) is 0 Å². The minimum Gasteiger partial charge on any atom is -0.488 e. The van der Waals surface area contributed by atoms with E-state index in [1.165, 1.54) is 11.1 Å². The Bertz CT molecular complexity index is 456. The summed E-state index contributed by atoms with van der Waals surface area (Å²) in [5.41, 5.74) is 2.82. The predicted molar refractivity (Wildman–Crippen MR) is 88.8 cm³/mol. The second-order valence-electron chi connectivity index (χ2n) is 8.41. The maximum Gasteiger partial charge on any atom is 0.123 e. The summed E-state index contributed by atoms with van der Waals surface area (Å²) in [6.07, 6.45) is 1.10. The zero-order chi connectivity index (χ0) is 15.8. The molecule has 0 fully saturated rings. The number of benzene rings is 1. The lowest BCUT2D eigenvalue weighted by atomic mass is 9.78. The molecule has 0 spiro atoms. The van der Waals surface area contributed by atoms with Gasteiger partial charge in [0.2, 0.25) is 0 Å². The Morgan fingerprint density at radius 3 is 1.85 bits per heavy atom. The van der Waals surface area contributed by atoms with E-state index in [1.54, 1.807) is 0 Å². The van der Waals surface area contributed by atoms with E-state index >= 15 is 0 Å². The van der Waals surface area contributed by atoms with Crippen molar-refractivity contribution in [2.75, 3.05) is 0 Å². The van der Waals surface area contributed by atoms with Crippen LogP contribution < -0.4 is 4.74 Å². The third-order valence-electron chi connectivity index (χ3n) is 3.87. The maximum atomic E-state index is 6.19. The van der Waals surface area contributed by atoms with Gasteiger partial charge in [0.25, 0.3) is 0 Å². The summed E-state index contributed by atoms with van der Waals surface area (Å²) < 4.78 is 6.19. The third-order valence-corrected chi connectivity index (χ3v) is 3.87. The quantitative estimate of drug-likeness (QED) is 0.673. The van der Waals surface area contributed by atoms with Gasteiger partial charge in [-0.2, -0.15) is 0 Å². The first-order valence-corrected chi connectivity index (χ1v) is 7.71. The number of rotatable bonds is 3. The lowest BCUT2D eigenvalue weighted by molar-refractivity contribution is 0.127. The van der Waals surface area contributed by atoms with Crippen molar-refractivity contribution in [1.82, 2.24) is 0 Å². The topological polar surface area (TPSA) is 9.23 Å². The second-order valence-corrected chi connectivity index (χ2v) is 8.41. The molecule has 1 nitrogen and oxygen atoms in total. The molecule has 0 aliphatic heterocycles. The highest BCUT2D eigenvalue weighted by atomic mass is 16.5. The summed E-state index contributed by atoms with van der Waals surface area (Å²) in [4.78, 5) is 0. The Morgan fingerprint density at radius 2 is 1.45 bits per heavy atom. The van der Waals surface area contributed by atoms with E-state index < -0.39 is 0 Å². The molecule has 114 valence electrons. The normalized spacial score (nSPS) is 13.4. The van der Waals surface area contributed by atoms with Gasteiger partial charge in [0.05, 0.1) is 0 Å². The fraction of sp³-hybridized carbons (Fsp3) is 0.684. The molecule has 0 atom stereocenters. The molecule has 0 unspecified atom stereocenters. The SMILES string of the molecule is CCC(C)(C)c1cc(C(C)(C)C)ccc1OC(C)(C)C. The molecule has 1 heteroatoms. The lowest BCUT2D eigenvalue weighted by Crippen LogP contribution is -2.26. The van der Waals surface area contributed by atoms with Crippen molar-refractivity contribution in [3.05, 3.63) is 29.3 Å². The van der Waals surface area contributed by atoms with Gasteiger partial charge >= 0.3 is 0 Å². The van der Waals surface area contributed by atoms with E-state index in [9.17, 15) is 0 Å². The minimum atomic E-state index is -0.165. The minimum absolute atomic E-state index is 0.127. The Labute approximate surface area is 125 Å². The zero-order valence-electron chi connectivity index (χ0n) is 14.8. The standard InChI is InChI=1S/C19H32O/c1-10-19(8,9)15-13-14(17(2,3)4)11-12-16(15)20-18(5,6)7/h11-13H,10H2,1-9H3. The van der Waals surface area contributed by atoms with Crippen LogP contribution in [-0.4, -0.2) is 5.60 Å². The molecule has 0 saturated carbocycles. The monoisotopic (exact) mass is 276 g/mol. The van der Waals surface area contributed by atoms with Crippen molar-refractivity contribution in [2.45, 2.75) is 85.2 Å². The van der Waals surface area contributed by atoms with Gasteiger partial charge in [-0.3, -0.25) is 0 Å². The van der Waals surface area contributed by atoms with Gasteiger partial charge in [-0.15, -0.1) is 0 Å². The van der Waals surface area contributed by atoms with Crippen molar-refractivity contribution >= 4 is 0 Å². The van der Waals surface area contributed by atoms with Crippen molar-refractivity contribution in [3.63, 3.8) is 0 Å². The fourth-order valence-corrected chi connectivity index (χ4v) is 2.13. The molecule has 1 aromatic carbocycles. The van der Waals surface area contributed by atoms with Crippen LogP contribution in [0.5, 0.6) is 5.75 Å². The van der Waals surface area contributed by atoms with E-state index in [2.05, 4.69) is 80.5 Å². The van der Waals surface area contributed by atoms with E-state index in [4.69, 9.17) is 4.74 Å². The third kappa shape index (κ3) is 4.26. The Hall–Kier alpha value is -0.980. The smallest absolute Gasteiger partial charge is 0.123 e. The van der Waals surface area contributed by atoms with E-state index in [0.29, 0.717) is 0 Å². The van der Waals surface area contributed by atoms with Crippen molar-refractivity contribution in [2.24, 2.45) is 0 Å². The van der Waals surface area contributed by atoms with Crippen molar-refractivity contribution in [3.8, 4) is 5.75 Å². The molecule has 0 aliphatic rings. The van der Waals surface area contributed by atoms with Gasteiger partial charge in [-0.05, 0) is 49.7 Å². The van der Waals surface area contributed by atoms with E-state index in [-0.39, 0.29) is 16.4 Å². The molecule has 0 saturated heterocycles. The molecular weight excluding hydrogens is 244 g/mol. The van der Waals surface area contributed by atoms with Crippen LogP contribution in [0.25, 0.3) is 0 Å². The Balaban J connectivity index is 3.39. The average Bonchev–Trinajstić information content (AvgIpc) is 2.25. The molecule has 0 N–H and O–H groups in total. The summed E-state index contributed by atoms with van der Waals surface area (Å²) in [6.45, 7) is 19.9. The molecule has 0 heterocycles. The molecule has 0 aliphatic carbocycles. The van der Waals surface area contributed by atoms with Gasteiger partial charge in [0.1, 0.15) is 11.4 Å². The van der Waals surface area contributed by atoms with Crippen LogP contribution in [0.1, 0.15) is 79.9 Å². The first-order chi connectivity index (χ1) is 8.87. The molecule has 0 radical (unpaired) electrons. The summed E-state index contributed by atoms with van der Waals surface area (Å²) in [6, 6.07) is 6.69. The Morgan fingerprint density at radius 1 is 0.900 bits per heavy atom. The van der Waals surface area contributed by atoms with E-state index in [0.717, 1.165) is 12.2 Å². The number of hydrogen-bond acceptors (Lipinski definition) is 1. The zero-order valence-corrected chi connectivity index (χ0v) is 14.8. The van der Waals surface area contributed by atoms with Gasteiger partial charge in [0, 0.05) is 5.56 Å². The summed E-state index contributed by atoms with van der Waals surface area (Å²) in [7, 11) is 0. The number of ether oxygens (including phenoxy) is 1. The highest BCUT2D eigenvalue weighted by Crippen LogP contribution is 2.38. The van der Waals surface area contributed by atoms with Crippen LogP contribution in [0.4, 0.5) is 0 Å². The largest absolute Gasteiger partial charge is 0.488 e. The average molecular weight is 276 g/mol. The molecule has 0 bridgehead atoms. The van der Waals surface area contributed by atoms with Crippen molar-refractivity contribution < 1.29 is 4.74 Å². The van der Waals surface area contributed by atoms with Gasteiger partial charge in [-0.1, -0.05) is 53.7 Å². The van der Waals surface area contributed by atoms with Crippen LogP contribution in [0.3, 0.4) is 0 Å². The van der Waals surface area contributed by atoms with Gasteiger partial charge < -0.3 is 4.74 Å². The summed E-state index contributed by atoms with van der Waals surface area (Å²) in [5.74, 6) is 1.03. The fourth-order valence-electron chi connectivity index (χ4n) is 2.13. The van der Waals surface area contributed by atoms with Crippen LogP contribution in [0.2, 0.25) is 0 Å². The molecular formula is C19H32O. The molecule has 0 amide bonds. The highest BCUT2D eigenvalue weighted by Gasteiger charge is 2.27. The molecule has 0 aromatic heterocycles. The first-order valence-electron chi connectivity index (χ1n) is 7.71.